The van der Waals surface area contributed by atoms with Gasteiger partial charge >= 0.3 is 0 Å². The first-order valence-electron chi connectivity index (χ1n) is 6.77. The van der Waals surface area contributed by atoms with Crippen molar-refractivity contribution in [2.45, 2.75) is 24.5 Å². The summed E-state index contributed by atoms with van der Waals surface area (Å²) >= 11 is 0. The molecule has 2 aromatic heterocycles. The van der Waals surface area contributed by atoms with Crippen LogP contribution in [0.1, 0.15) is 12.6 Å². The highest BCUT2D eigenvalue weighted by atomic mass is 16.5. The lowest BCUT2D eigenvalue weighted by Crippen LogP contribution is -2.47. The number of hydrogen-bond acceptors (Lipinski definition) is 8. The Morgan fingerprint density at radius 1 is 1.48 bits per heavy atom. The number of aromatic nitrogens is 3. The van der Waals surface area contributed by atoms with Gasteiger partial charge in [0.15, 0.2) is 5.82 Å². The predicted octanol–water partition coefficient (Wildman–Crippen LogP) is -0.645. The summed E-state index contributed by atoms with van der Waals surface area (Å²) in [6, 6.07) is 7.04. The number of aliphatic hydroxyl groups excluding tert-OH is 2. The summed E-state index contributed by atoms with van der Waals surface area (Å²) in [5.74, 6) is 0.237. The van der Waals surface area contributed by atoms with Gasteiger partial charge in [-0.05, 0) is 19.1 Å². The predicted molar refractivity (Wildman–Crippen MR) is 78.8 cm³/mol. The van der Waals surface area contributed by atoms with Gasteiger partial charge in [0.05, 0.1) is 24.4 Å². The van der Waals surface area contributed by atoms with E-state index in [2.05, 4.69) is 10.1 Å². The van der Waals surface area contributed by atoms with E-state index in [0.717, 1.165) is 0 Å². The van der Waals surface area contributed by atoms with E-state index in [1.54, 1.807) is 18.2 Å². The van der Waals surface area contributed by atoms with Gasteiger partial charge in [-0.15, -0.1) is 0 Å². The summed E-state index contributed by atoms with van der Waals surface area (Å²) in [6.45, 7) is 0.643. The minimum atomic E-state index is -1.45. The Kier molecular flexibility index (Phi) is 4.77. The largest absolute Gasteiger partial charge is 0.394 e. The topological polar surface area (TPSA) is 153 Å². The van der Waals surface area contributed by atoms with Gasteiger partial charge in [-0.25, -0.2) is 9.50 Å². The molecule has 2 aromatic rings. The number of nitrogens with two attached hydrogens (primary N) is 1. The molecule has 1 unspecified atom stereocenters. The quantitative estimate of drug-likeness (QED) is 0.635. The maximum absolute atomic E-state index is 10.6. The van der Waals surface area contributed by atoms with E-state index in [1.807, 2.05) is 6.07 Å². The molecular weight excluding hydrogens is 300 g/mol. The van der Waals surface area contributed by atoms with Crippen LogP contribution in [0, 0.1) is 22.7 Å². The first kappa shape index (κ1) is 16.6. The molecule has 9 nitrogen and oxygen atoms in total. The zero-order valence-corrected chi connectivity index (χ0v) is 12.4. The van der Waals surface area contributed by atoms with Gasteiger partial charge in [-0.1, -0.05) is 0 Å². The number of rotatable bonds is 6. The third-order valence-electron chi connectivity index (χ3n) is 3.73. The first-order valence-corrected chi connectivity index (χ1v) is 6.77. The standard InChI is InChI=1S/C14H16N6O3/c1-14(7-16,12(22)10(6-21)23-5-4-15)11-3-2-9-13(17)18-8-19-20(9)11/h2-3,8,10,12,21-22H,5-6H2,1H3,(H2,17,18,19)/t10-,12-,14?/m1/s1. The first-order chi connectivity index (χ1) is 11.0. The fourth-order valence-corrected chi connectivity index (χ4v) is 2.38. The molecule has 0 radical (unpaired) electrons. The number of hydrogen-bond donors (Lipinski definition) is 3. The van der Waals surface area contributed by atoms with Crippen molar-refractivity contribution < 1.29 is 14.9 Å². The highest BCUT2D eigenvalue weighted by Gasteiger charge is 2.43. The van der Waals surface area contributed by atoms with E-state index in [9.17, 15) is 15.5 Å². The molecule has 0 aliphatic carbocycles. The summed E-state index contributed by atoms with van der Waals surface area (Å²) < 4.78 is 6.52. The average Bonchev–Trinajstić information content (AvgIpc) is 3.00. The number of nitrogen functional groups attached to an aromatic ring is 1. The Bertz CT molecular complexity index is 777. The van der Waals surface area contributed by atoms with Gasteiger partial charge in [-0.3, -0.25) is 0 Å². The number of aliphatic hydroxyl groups is 2. The molecule has 0 saturated heterocycles. The normalized spacial score (nSPS) is 16.2. The van der Waals surface area contributed by atoms with Gasteiger partial charge in [0, 0.05) is 0 Å². The summed E-state index contributed by atoms with van der Waals surface area (Å²) in [7, 11) is 0. The molecule has 9 heteroatoms. The summed E-state index contributed by atoms with van der Waals surface area (Å²) in [5.41, 5.74) is 5.18. The maximum atomic E-state index is 10.6. The van der Waals surface area contributed by atoms with Crippen LogP contribution in [-0.4, -0.2) is 50.2 Å². The molecule has 0 fully saturated rings. The van der Waals surface area contributed by atoms with Gasteiger partial charge < -0.3 is 20.7 Å². The second-order valence-corrected chi connectivity index (χ2v) is 5.11. The van der Waals surface area contributed by atoms with Crippen molar-refractivity contribution in [2.24, 2.45) is 0 Å². The second-order valence-electron chi connectivity index (χ2n) is 5.11. The molecule has 0 spiro atoms. The third kappa shape index (κ3) is 2.81. The Morgan fingerprint density at radius 3 is 2.83 bits per heavy atom. The van der Waals surface area contributed by atoms with Crippen molar-refractivity contribution in [2.75, 3.05) is 18.9 Å². The molecule has 3 atom stereocenters. The van der Waals surface area contributed by atoms with Crippen molar-refractivity contribution in [1.29, 1.82) is 10.5 Å². The van der Waals surface area contributed by atoms with Crippen molar-refractivity contribution in [1.82, 2.24) is 14.6 Å². The fourth-order valence-electron chi connectivity index (χ4n) is 2.38. The van der Waals surface area contributed by atoms with Crippen molar-refractivity contribution in [3.05, 3.63) is 24.2 Å². The monoisotopic (exact) mass is 316 g/mol. The van der Waals surface area contributed by atoms with Crippen molar-refractivity contribution in [3.63, 3.8) is 0 Å². The molecule has 0 aromatic carbocycles. The maximum Gasteiger partial charge on any atom is 0.151 e. The molecule has 2 heterocycles. The molecule has 0 bridgehead atoms. The van der Waals surface area contributed by atoms with Gasteiger partial charge in [-0.2, -0.15) is 15.6 Å². The summed E-state index contributed by atoms with van der Waals surface area (Å²) in [4.78, 5) is 3.86. The highest BCUT2D eigenvalue weighted by Crippen LogP contribution is 2.31. The summed E-state index contributed by atoms with van der Waals surface area (Å²) in [6.07, 6.45) is -1.24. The zero-order valence-electron chi connectivity index (χ0n) is 12.4. The highest BCUT2D eigenvalue weighted by molar-refractivity contribution is 5.66. The number of nitrogens with zero attached hydrogens (tertiary/aromatic N) is 5. The van der Waals surface area contributed by atoms with Crippen LogP contribution in [0.5, 0.6) is 0 Å². The number of anilines is 1. The van der Waals surface area contributed by atoms with E-state index in [4.69, 9.17) is 15.7 Å². The van der Waals surface area contributed by atoms with Crippen LogP contribution in [0.2, 0.25) is 0 Å². The van der Waals surface area contributed by atoms with E-state index in [1.165, 1.54) is 17.8 Å². The third-order valence-corrected chi connectivity index (χ3v) is 3.73. The molecule has 0 saturated carbocycles. The molecule has 120 valence electrons. The number of ether oxygens (including phenoxy) is 1. The molecular formula is C14H16N6O3. The average molecular weight is 316 g/mol. The van der Waals surface area contributed by atoms with Gasteiger partial charge in [0.2, 0.25) is 0 Å². The van der Waals surface area contributed by atoms with Crippen molar-refractivity contribution in [3.8, 4) is 12.1 Å². The van der Waals surface area contributed by atoms with Crippen molar-refractivity contribution >= 4 is 11.3 Å². The molecule has 23 heavy (non-hydrogen) atoms. The van der Waals surface area contributed by atoms with Gasteiger partial charge in [0.1, 0.15) is 36.1 Å². The van der Waals surface area contributed by atoms with Gasteiger partial charge in [0.25, 0.3) is 0 Å². The molecule has 4 N–H and O–H groups in total. The number of nitriles is 2. The summed E-state index contributed by atoms with van der Waals surface area (Å²) in [5, 5.41) is 42.2. The van der Waals surface area contributed by atoms with Crippen LogP contribution in [0.25, 0.3) is 5.52 Å². The smallest absolute Gasteiger partial charge is 0.151 e. The number of fused-ring (bicyclic) bond motifs is 1. The molecule has 0 aliphatic heterocycles. The Hall–Kier alpha value is -2.72. The van der Waals surface area contributed by atoms with E-state index >= 15 is 0 Å². The lowest BCUT2D eigenvalue weighted by atomic mass is 9.80. The Balaban J connectivity index is 2.49. The lowest BCUT2D eigenvalue weighted by molar-refractivity contribution is -0.0725. The lowest BCUT2D eigenvalue weighted by Gasteiger charge is -2.32. The van der Waals surface area contributed by atoms with E-state index in [0.29, 0.717) is 11.2 Å². The Morgan fingerprint density at radius 2 is 2.22 bits per heavy atom. The van der Waals surface area contributed by atoms with E-state index in [-0.39, 0.29) is 12.4 Å². The fraction of sp³-hybridized carbons (Fsp3) is 0.429. The molecule has 0 amide bonds. The van der Waals surface area contributed by atoms with Crippen LogP contribution in [-0.2, 0) is 10.2 Å². The molecule has 0 aliphatic rings. The minimum absolute atomic E-state index is 0.237. The minimum Gasteiger partial charge on any atom is -0.394 e. The SMILES string of the molecule is CC(C#N)(c1ccc2c(N)ncnn12)[C@H](O)[C@@H](CO)OCC#N. The van der Waals surface area contributed by atoms with Crippen LogP contribution >= 0.6 is 0 Å². The van der Waals surface area contributed by atoms with E-state index < -0.39 is 24.2 Å². The van der Waals surface area contributed by atoms with Crippen LogP contribution in [0.4, 0.5) is 5.82 Å². The van der Waals surface area contributed by atoms with Crippen LogP contribution < -0.4 is 5.73 Å². The van der Waals surface area contributed by atoms with Crippen LogP contribution in [0.3, 0.4) is 0 Å². The molecule has 2 rings (SSSR count). The Labute approximate surface area is 132 Å². The van der Waals surface area contributed by atoms with Crippen LogP contribution in [0.15, 0.2) is 18.5 Å². The second kappa shape index (κ2) is 6.58. The zero-order chi connectivity index (χ0) is 17.0.